The molecule has 0 spiro atoms. The standard InChI is InChI=1S/C20H40O2/c1-16(2)10-7-11-17(3)12-8-13-18(4)14-9-15-19(5)20(21)22-6/h16-19H,7-15H2,1-6H3/t17-,18-,19+/m0/s1. The topological polar surface area (TPSA) is 26.3 Å². The third-order valence-corrected chi connectivity index (χ3v) is 4.81. The summed E-state index contributed by atoms with van der Waals surface area (Å²) in [6, 6.07) is 0. The first-order valence-corrected chi connectivity index (χ1v) is 9.44. The molecule has 0 radical (unpaired) electrons. The van der Waals surface area contributed by atoms with Crippen LogP contribution in [0.25, 0.3) is 0 Å². The van der Waals surface area contributed by atoms with E-state index in [2.05, 4.69) is 27.7 Å². The van der Waals surface area contributed by atoms with Crippen molar-refractivity contribution in [2.24, 2.45) is 23.7 Å². The Morgan fingerprint density at radius 1 is 0.727 bits per heavy atom. The Hall–Kier alpha value is -0.530. The Morgan fingerprint density at radius 2 is 1.14 bits per heavy atom. The lowest BCUT2D eigenvalue weighted by molar-refractivity contribution is -0.145. The van der Waals surface area contributed by atoms with Crippen LogP contribution < -0.4 is 0 Å². The molecular weight excluding hydrogens is 272 g/mol. The summed E-state index contributed by atoms with van der Waals surface area (Å²) in [7, 11) is 1.48. The number of esters is 1. The molecule has 0 bridgehead atoms. The molecule has 0 fully saturated rings. The summed E-state index contributed by atoms with van der Waals surface area (Å²) in [5.74, 6) is 2.50. The summed E-state index contributed by atoms with van der Waals surface area (Å²) in [5, 5.41) is 0. The quantitative estimate of drug-likeness (QED) is 0.376. The highest BCUT2D eigenvalue weighted by Crippen LogP contribution is 2.22. The Labute approximate surface area is 139 Å². The summed E-state index contributed by atoms with van der Waals surface area (Å²) in [6.07, 6.45) is 11.6. The highest BCUT2D eigenvalue weighted by molar-refractivity contribution is 5.71. The second-order valence-electron chi connectivity index (χ2n) is 7.82. The summed E-state index contributed by atoms with van der Waals surface area (Å²) >= 11 is 0. The van der Waals surface area contributed by atoms with Crippen molar-refractivity contribution in [3.05, 3.63) is 0 Å². The average molecular weight is 313 g/mol. The van der Waals surface area contributed by atoms with Crippen molar-refractivity contribution in [1.82, 2.24) is 0 Å². The minimum Gasteiger partial charge on any atom is -0.469 e. The molecule has 3 atom stereocenters. The fourth-order valence-corrected chi connectivity index (χ4v) is 3.07. The zero-order valence-electron chi connectivity index (χ0n) is 16.0. The maximum atomic E-state index is 11.3. The van der Waals surface area contributed by atoms with E-state index in [0.717, 1.165) is 30.6 Å². The van der Waals surface area contributed by atoms with Crippen molar-refractivity contribution in [3.8, 4) is 0 Å². The Morgan fingerprint density at radius 3 is 1.55 bits per heavy atom. The van der Waals surface area contributed by atoms with E-state index in [-0.39, 0.29) is 11.9 Å². The number of rotatable bonds is 13. The molecule has 0 saturated heterocycles. The van der Waals surface area contributed by atoms with Crippen LogP contribution in [0.4, 0.5) is 0 Å². The third kappa shape index (κ3) is 12.1. The molecule has 0 unspecified atom stereocenters. The molecule has 0 aliphatic carbocycles. The van der Waals surface area contributed by atoms with E-state index in [1.165, 1.54) is 52.1 Å². The van der Waals surface area contributed by atoms with Crippen LogP contribution in [0.3, 0.4) is 0 Å². The van der Waals surface area contributed by atoms with Crippen molar-refractivity contribution in [3.63, 3.8) is 0 Å². The summed E-state index contributed by atoms with van der Waals surface area (Å²) in [4.78, 5) is 11.3. The first-order chi connectivity index (χ1) is 10.4. The van der Waals surface area contributed by atoms with Crippen LogP contribution in [-0.4, -0.2) is 13.1 Å². The highest BCUT2D eigenvalue weighted by Gasteiger charge is 2.13. The number of ether oxygens (including phenoxy) is 1. The molecule has 132 valence electrons. The van der Waals surface area contributed by atoms with E-state index < -0.39 is 0 Å². The van der Waals surface area contributed by atoms with Crippen LogP contribution >= 0.6 is 0 Å². The first-order valence-electron chi connectivity index (χ1n) is 9.44. The SMILES string of the molecule is COC(=O)[C@H](C)CCC[C@@H](C)CCC[C@@H](C)CCCC(C)C. The van der Waals surface area contributed by atoms with E-state index in [9.17, 15) is 4.79 Å². The number of carbonyl (C=O) groups is 1. The van der Waals surface area contributed by atoms with Crippen molar-refractivity contribution in [2.75, 3.05) is 7.11 Å². The van der Waals surface area contributed by atoms with Crippen LogP contribution in [0.15, 0.2) is 0 Å². The molecule has 22 heavy (non-hydrogen) atoms. The van der Waals surface area contributed by atoms with Crippen LogP contribution in [0.1, 0.15) is 92.4 Å². The van der Waals surface area contributed by atoms with Gasteiger partial charge in [0, 0.05) is 0 Å². The van der Waals surface area contributed by atoms with Gasteiger partial charge in [0.05, 0.1) is 13.0 Å². The Balaban J connectivity index is 3.56. The lowest BCUT2D eigenvalue weighted by atomic mass is 9.91. The highest BCUT2D eigenvalue weighted by atomic mass is 16.5. The van der Waals surface area contributed by atoms with Gasteiger partial charge in [0.1, 0.15) is 0 Å². The molecule has 2 heteroatoms. The summed E-state index contributed by atoms with van der Waals surface area (Å²) < 4.78 is 4.77. The zero-order chi connectivity index (χ0) is 17.0. The number of hydrogen-bond acceptors (Lipinski definition) is 2. The van der Waals surface area contributed by atoms with Gasteiger partial charge < -0.3 is 4.74 Å². The van der Waals surface area contributed by atoms with Gasteiger partial charge in [-0.15, -0.1) is 0 Å². The molecule has 0 aliphatic rings. The number of hydrogen-bond donors (Lipinski definition) is 0. The van der Waals surface area contributed by atoms with Gasteiger partial charge in [-0.25, -0.2) is 0 Å². The largest absolute Gasteiger partial charge is 0.469 e. The molecule has 0 aliphatic heterocycles. The van der Waals surface area contributed by atoms with Gasteiger partial charge in [-0.05, 0) is 24.2 Å². The van der Waals surface area contributed by atoms with Crippen molar-refractivity contribution in [1.29, 1.82) is 0 Å². The molecule has 0 rings (SSSR count). The van der Waals surface area contributed by atoms with Gasteiger partial charge in [0.25, 0.3) is 0 Å². The molecule has 0 aromatic heterocycles. The fourth-order valence-electron chi connectivity index (χ4n) is 3.07. The second kappa shape index (κ2) is 13.0. The second-order valence-corrected chi connectivity index (χ2v) is 7.82. The smallest absolute Gasteiger partial charge is 0.308 e. The van der Waals surface area contributed by atoms with Crippen molar-refractivity contribution >= 4 is 5.97 Å². The Bertz CT molecular complexity index is 273. The van der Waals surface area contributed by atoms with E-state index in [1.54, 1.807) is 0 Å². The molecule has 0 saturated carbocycles. The predicted octanol–water partition coefficient (Wildman–Crippen LogP) is 6.23. The van der Waals surface area contributed by atoms with E-state index in [1.807, 2.05) is 6.92 Å². The predicted molar refractivity (Wildman–Crippen MR) is 95.9 cm³/mol. The molecule has 0 aromatic rings. The number of methoxy groups -OCH3 is 1. The lowest BCUT2D eigenvalue weighted by Gasteiger charge is -2.15. The maximum absolute atomic E-state index is 11.3. The van der Waals surface area contributed by atoms with Crippen molar-refractivity contribution in [2.45, 2.75) is 92.4 Å². The van der Waals surface area contributed by atoms with Gasteiger partial charge in [-0.1, -0.05) is 86.0 Å². The first kappa shape index (κ1) is 21.5. The van der Waals surface area contributed by atoms with Crippen LogP contribution in [0.5, 0.6) is 0 Å². The lowest BCUT2D eigenvalue weighted by Crippen LogP contribution is -2.12. The molecular formula is C20H40O2. The summed E-state index contributed by atoms with van der Waals surface area (Å²) in [6.45, 7) is 11.4. The van der Waals surface area contributed by atoms with Crippen molar-refractivity contribution < 1.29 is 9.53 Å². The van der Waals surface area contributed by atoms with Gasteiger partial charge in [0.2, 0.25) is 0 Å². The maximum Gasteiger partial charge on any atom is 0.308 e. The fraction of sp³-hybridized carbons (Fsp3) is 0.950. The van der Waals surface area contributed by atoms with Gasteiger partial charge in [-0.3, -0.25) is 4.79 Å². The monoisotopic (exact) mass is 312 g/mol. The number of carbonyl (C=O) groups excluding carboxylic acids is 1. The molecule has 0 aromatic carbocycles. The van der Waals surface area contributed by atoms with Gasteiger partial charge >= 0.3 is 5.97 Å². The molecule has 0 amide bonds. The minimum atomic E-state index is -0.0668. The van der Waals surface area contributed by atoms with Crippen LogP contribution in [0.2, 0.25) is 0 Å². The van der Waals surface area contributed by atoms with Crippen LogP contribution in [-0.2, 0) is 9.53 Å². The average Bonchev–Trinajstić information content (AvgIpc) is 2.45. The Kier molecular flexibility index (Phi) is 12.6. The van der Waals surface area contributed by atoms with Crippen LogP contribution in [0, 0.1) is 23.7 Å². The van der Waals surface area contributed by atoms with E-state index in [0.29, 0.717) is 0 Å². The van der Waals surface area contributed by atoms with E-state index in [4.69, 9.17) is 4.74 Å². The summed E-state index contributed by atoms with van der Waals surface area (Å²) in [5.41, 5.74) is 0. The van der Waals surface area contributed by atoms with Gasteiger partial charge in [-0.2, -0.15) is 0 Å². The third-order valence-electron chi connectivity index (χ3n) is 4.81. The zero-order valence-corrected chi connectivity index (χ0v) is 16.0. The molecule has 2 nitrogen and oxygen atoms in total. The normalized spacial score (nSPS) is 15.6. The molecule has 0 heterocycles. The van der Waals surface area contributed by atoms with Gasteiger partial charge in [0.15, 0.2) is 0 Å². The van der Waals surface area contributed by atoms with E-state index >= 15 is 0 Å². The minimum absolute atomic E-state index is 0.0539. The molecule has 0 N–H and O–H groups in total.